The number of H-pyrrole nitrogens is 1. The van der Waals surface area contributed by atoms with Crippen molar-refractivity contribution >= 4 is 22.9 Å². The smallest absolute Gasteiger partial charge is 0.307 e. The van der Waals surface area contributed by atoms with E-state index in [0.29, 0.717) is 36.4 Å². The number of amides is 1. The second-order valence-electron chi connectivity index (χ2n) is 6.50. The molecule has 0 fully saturated rings. The quantitative estimate of drug-likeness (QED) is 0.647. The molecule has 1 amide bonds. The van der Waals surface area contributed by atoms with E-state index in [1.165, 1.54) is 0 Å². The number of rotatable bonds is 4. The minimum Gasteiger partial charge on any atom is -0.506 e. The third-order valence-electron chi connectivity index (χ3n) is 4.75. The molecule has 0 saturated heterocycles. The number of fused-ring (bicyclic) bond motifs is 1. The maximum Gasteiger partial charge on any atom is 0.307 e. The van der Waals surface area contributed by atoms with Crippen molar-refractivity contribution in [3.8, 4) is 11.6 Å². The summed E-state index contributed by atoms with van der Waals surface area (Å²) in [5.74, 6) is -0.1000. The van der Waals surface area contributed by atoms with Gasteiger partial charge < -0.3 is 15.1 Å². The van der Waals surface area contributed by atoms with Crippen molar-refractivity contribution in [2.24, 2.45) is 0 Å². The number of nitrogens with zero attached hydrogens (tertiary/aromatic N) is 1. The molecule has 0 atom stereocenters. The van der Waals surface area contributed by atoms with Crippen LogP contribution in [0.5, 0.6) is 11.6 Å². The molecule has 6 nitrogen and oxygen atoms in total. The van der Waals surface area contributed by atoms with Crippen molar-refractivity contribution in [3.63, 3.8) is 0 Å². The molecule has 2 heterocycles. The van der Waals surface area contributed by atoms with Crippen LogP contribution in [0.25, 0.3) is 0 Å². The minimum atomic E-state index is -0.309. The number of nitrogens with one attached hydrogen (secondary N) is 1. The molecular weight excluding hydrogens is 364 g/mol. The molecule has 1 aromatic heterocycles. The Morgan fingerprint density at radius 1 is 1.04 bits per heavy atom. The van der Waals surface area contributed by atoms with E-state index in [-0.39, 0.29) is 22.4 Å². The predicted molar refractivity (Wildman–Crippen MR) is 103 cm³/mol. The van der Waals surface area contributed by atoms with Crippen LogP contribution in [-0.4, -0.2) is 21.1 Å². The number of benzene rings is 2. The van der Waals surface area contributed by atoms with Crippen LogP contribution in [0.1, 0.15) is 28.0 Å². The molecule has 2 aromatic carbocycles. The van der Waals surface area contributed by atoms with Crippen LogP contribution in [0.2, 0.25) is 0 Å². The molecule has 138 valence electrons. The summed E-state index contributed by atoms with van der Waals surface area (Å²) in [6.45, 7) is 0.381. The topological polar surface area (TPSA) is 93.6 Å². The van der Waals surface area contributed by atoms with Crippen LogP contribution in [0.3, 0.4) is 0 Å². The van der Waals surface area contributed by atoms with Gasteiger partial charge in [-0.3, -0.25) is 14.6 Å². The number of phenols is 1. The Bertz CT molecular complexity index is 1060. The SMILES string of the molecule is O=C1CCc2c(Cc3sc(=O)[nH]c3O)ccc(O)c2N1Cc1ccccc1. The zero-order chi connectivity index (χ0) is 19.0. The molecule has 0 saturated carbocycles. The highest BCUT2D eigenvalue weighted by molar-refractivity contribution is 7.09. The first-order valence-electron chi connectivity index (χ1n) is 8.62. The maximum atomic E-state index is 12.6. The summed E-state index contributed by atoms with van der Waals surface area (Å²) in [5.41, 5.74) is 3.27. The third-order valence-corrected chi connectivity index (χ3v) is 5.62. The van der Waals surface area contributed by atoms with Crippen LogP contribution < -0.4 is 9.77 Å². The van der Waals surface area contributed by atoms with E-state index in [2.05, 4.69) is 4.98 Å². The number of phenolic OH excluding ortho intramolecular Hbond substituents is 1. The van der Waals surface area contributed by atoms with Gasteiger partial charge in [-0.1, -0.05) is 47.7 Å². The van der Waals surface area contributed by atoms with Gasteiger partial charge in [-0.15, -0.1) is 0 Å². The molecule has 0 radical (unpaired) electrons. The highest BCUT2D eigenvalue weighted by atomic mass is 32.1. The average Bonchev–Trinajstić information content (AvgIpc) is 2.97. The van der Waals surface area contributed by atoms with Gasteiger partial charge in [0.2, 0.25) is 11.8 Å². The number of anilines is 1. The van der Waals surface area contributed by atoms with Crippen molar-refractivity contribution in [2.75, 3.05) is 4.90 Å². The van der Waals surface area contributed by atoms with Gasteiger partial charge in [-0.05, 0) is 29.2 Å². The van der Waals surface area contributed by atoms with E-state index in [1.54, 1.807) is 17.0 Å². The molecule has 0 unspecified atom stereocenters. The van der Waals surface area contributed by atoms with Crippen LogP contribution in [0.15, 0.2) is 47.3 Å². The first-order valence-corrected chi connectivity index (χ1v) is 9.43. The molecule has 1 aliphatic heterocycles. The van der Waals surface area contributed by atoms with E-state index in [9.17, 15) is 19.8 Å². The van der Waals surface area contributed by atoms with E-state index in [1.807, 2.05) is 30.3 Å². The average molecular weight is 382 g/mol. The first-order chi connectivity index (χ1) is 13.0. The number of thiazole rings is 1. The zero-order valence-corrected chi connectivity index (χ0v) is 15.3. The summed E-state index contributed by atoms with van der Waals surface area (Å²) in [6, 6.07) is 13.0. The van der Waals surface area contributed by atoms with E-state index < -0.39 is 0 Å². The van der Waals surface area contributed by atoms with E-state index in [4.69, 9.17) is 0 Å². The molecular formula is C20H18N2O4S. The fraction of sp³-hybridized carbons (Fsp3) is 0.200. The lowest BCUT2D eigenvalue weighted by Crippen LogP contribution is -2.35. The number of carbonyl (C=O) groups excluding carboxylic acids is 1. The van der Waals surface area contributed by atoms with E-state index in [0.717, 1.165) is 28.0 Å². The molecule has 0 spiro atoms. The molecule has 3 N–H and O–H groups in total. The summed E-state index contributed by atoms with van der Waals surface area (Å²) in [6.07, 6.45) is 1.24. The number of hydrogen-bond donors (Lipinski definition) is 3. The Hall–Kier alpha value is -3.06. The Kier molecular flexibility index (Phi) is 4.45. The second-order valence-corrected chi connectivity index (χ2v) is 7.57. The summed E-state index contributed by atoms with van der Waals surface area (Å²) in [5, 5.41) is 20.4. The lowest BCUT2D eigenvalue weighted by molar-refractivity contribution is -0.119. The Labute approximate surface area is 159 Å². The Balaban J connectivity index is 1.75. The van der Waals surface area contributed by atoms with Gasteiger partial charge in [0.25, 0.3) is 0 Å². The summed E-state index contributed by atoms with van der Waals surface area (Å²) < 4.78 is 0. The predicted octanol–water partition coefficient (Wildman–Crippen LogP) is 2.92. The summed E-state index contributed by atoms with van der Waals surface area (Å²) >= 11 is 0.964. The zero-order valence-electron chi connectivity index (χ0n) is 14.4. The second kappa shape index (κ2) is 6.92. The fourth-order valence-electron chi connectivity index (χ4n) is 3.48. The van der Waals surface area contributed by atoms with Crippen LogP contribution in [0.4, 0.5) is 5.69 Å². The van der Waals surface area contributed by atoms with E-state index >= 15 is 0 Å². The highest BCUT2D eigenvalue weighted by Crippen LogP contribution is 2.40. The molecule has 3 aromatic rings. The monoisotopic (exact) mass is 382 g/mol. The van der Waals surface area contributed by atoms with Crippen molar-refractivity contribution < 1.29 is 15.0 Å². The first kappa shape index (κ1) is 17.4. The number of hydrogen-bond acceptors (Lipinski definition) is 5. The van der Waals surface area contributed by atoms with Crippen LogP contribution >= 0.6 is 11.3 Å². The molecule has 0 bridgehead atoms. The third kappa shape index (κ3) is 3.33. The molecule has 1 aliphatic rings. The Morgan fingerprint density at radius 2 is 1.81 bits per heavy atom. The van der Waals surface area contributed by atoms with Crippen LogP contribution in [-0.2, 0) is 24.2 Å². The molecule has 0 aliphatic carbocycles. The van der Waals surface area contributed by atoms with Crippen molar-refractivity contribution in [2.45, 2.75) is 25.8 Å². The molecule has 4 rings (SSSR count). The fourth-order valence-corrected chi connectivity index (χ4v) is 4.23. The molecule has 27 heavy (non-hydrogen) atoms. The maximum absolute atomic E-state index is 12.6. The number of aromatic hydroxyl groups is 2. The lowest BCUT2D eigenvalue weighted by Gasteiger charge is -2.31. The normalized spacial score (nSPS) is 13.6. The minimum absolute atomic E-state index is 0.0343. The number of carbonyl (C=O) groups is 1. The van der Waals surface area contributed by atoms with Gasteiger partial charge in [0, 0.05) is 12.8 Å². The molecule has 7 heteroatoms. The van der Waals surface area contributed by atoms with Gasteiger partial charge in [-0.2, -0.15) is 0 Å². The Morgan fingerprint density at radius 3 is 2.52 bits per heavy atom. The largest absolute Gasteiger partial charge is 0.506 e. The number of aromatic nitrogens is 1. The van der Waals surface area contributed by atoms with Gasteiger partial charge in [0.15, 0.2) is 0 Å². The van der Waals surface area contributed by atoms with Gasteiger partial charge in [0.05, 0.1) is 17.1 Å². The highest BCUT2D eigenvalue weighted by Gasteiger charge is 2.29. The van der Waals surface area contributed by atoms with Crippen molar-refractivity contribution in [1.82, 2.24) is 4.98 Å². The lowest BCUT2D eigenvalue weighted by atomic mass is 9.93. The number of aromatic amines is 1. The standard InChI is InChI=1S/C20H18N2O4S/c23-15-8-6-13(10-16-19(25)21-20(26)27-16)14-7-9-17(24)22(18(14)15)11-12-4-2-1-3-5-12/h1-6,8,23,25H,7,9-11H2,(H,21,26). The van der Waals surface area contributed by atoms with Crippen molar-refractivity contribution in [3.05, 3.63) is 73.7 Å². The summed E-state index contributed by atoms with van der Waals surface area (Å²) in [4.78, 5) is 28.2. The van der Waals surface area contributed by atoms with Crippen molar-refractivity contribution in [1.29, 1.82) is 0 Å². The van der Waals surface area contributed by atoms with Crippen LogP contribution in [0, 0.1) is 0 Å². The van der Waals surface area contributed by atoms with Gasteiger partial charge in [0.1, 0.15) is 5.75 Å². The van der Waals surface area contributed by atoms with Gasteiger partial charge >= 0.3 is 4.87 Å². The van der Waals surface area contributed by atoms with Gasteiger partial charge in [-0.25, -0.2) is 0 Å². The summed E-state index contributed by atoms with van der Waals surface area (Å²) in [7, 11) is 0.